The Bertz CT molecular complexity index is 623. The molecule has 1 aliphatic rings. The molecule has 0 unspecified atom stereocenters. The van der Waals surface area contributed by atoms with Gasteiger partial charge in [-0.05, 0) is 37.1 Å². The molecule has 0 heterocycles. The second-order valence-electron chi connectivity index (χ2n) is 5.64. The second-order valence-corrected chi connectivity index (χ2v) is 5.64. The van der Waals surface area contributed by atoms with Crippen LogP contribution in [0.5, 0.6) is 5.75 Å². The Balaban J connectivity index is 1.62. The smallest absolute Gasteiger partial charge is 0.344 e. The Morgan fingerprint density at radius 2 is 1.76 bits per heavy atom. The van der Waals surface area contributed by atoms with Crippen molar-refractivity contribution < 1.29 is 28.7 Å². The normalized spacial score (nSPS) is 13.8. The van der Waals surface area contributed by atoms with E-state index in [1.165, 1.54) is 12.1 Å². The molecule has 0 atom stereocenters. The number of nitrogens with one attached hydrogen (secondary N) is 2. The van der Waals surface area contributed by atoms with Gasteiger partial charge < -0.3 is 14.8 Å². The summed E-state index contributed by atoms with van der Waals surface area (Å²) in [5, 5.41) is 4.80. The van der Waals surface area contributed by atoms with Gasteiger partial charge in [0.05, 0.1) is 0 Å². The molecule has 3 amide bonds. The number of esters is 1. The van der Waals surface area contributed by atoms with Crippen LogP contribution in [0.2, 0.25) is 0 Å². The number of benzene rings is 1. The lowest BCUT2D eigenvalue weighted by Crippen LogP contribution is -2.45. The average Bonchev–Trinajstić information content (AvgIpc) is 3.11. The summed E-state index contributed by atoms with van der Waals surface area (Å²) >= 11 is 0. The number of imide groups is 1. The lowest BCUT2D eigenvalue weighted by molar-refractivity contribution is -0.150. The van der Waals surface area contributed by atoms with Crippen LogP contribution in [0.1, 0.15) is 36.0 Å². The zero-order valence-corrected chi connectivity index (χ0v) is 13.7. The van der Waals surface area contributed by atoms with Crippen LogP contribution in [0, 0.1) is 0 Å². The minimum absolute atomic E-state index is 0.0920. The van der Waals surface area contributed by atoms with Gasteiger partial charge in [0.25, 0.3) is 5.91 Å². The van der Waals surface area contributed by atoms with Crippen molar-refractivity contribution in [1.29, 1.82) is 0 Å². The fourth-order valence-corrected chi connectivity index (χ4v) is 2.43. The van der Waals surface area contributed by atoms with Crippen LogP contribution in [0.25, 0.3) is 0 Å². The number of hydrogen-bond donors (Lipinski definition) is 2. The summed E-state index contributed by atoms with van der Waals surface area (Å²) in [5.41, 5.74) is 0.488. The van der Waals surface area contributed by atoms with E-state index in [2.05, 4.69) is 10.6 Å². The number of carbonyl (C=O) groups excluding carboxylic acids is 4. The van der Waals surface area contributed by atoms with Crippen LogP contribution < -0.4 is 15.4 Å². The van der Waals surface area contributed by atoms with Crippen molar-refractivity contribution in [3.05, 3.63) is 29.8 Å². The van der Waals surface area contributed by atoms with Crippen molar-refractivity contribution in [2.24, 2.45) is 0 Å². The van der Waals surface area contributed by atoms with Gasteiger partial charge in [-0.2, -0.15) is 0 Å². The molecule has 2 rings (SSSR count). The number of carbonyl (C=O) groups is 4. The van der Waals surface area contributed by atoms with E-state index in [4.69, 9.17) is 9.47 Å². The van der Waals surface area contributed by atoms with E-state index in [1.807, 2.05) is 0 Å². The SMILES string of the molecule is O=Cc1ccc(OCC(=O)OCC(=O)NC(=O)NC2CCCC2)cc1. The van der Waals surface area contributed by atoms with Crippen molar-refractivity contribution in [3.63, 3.8) is 0 Å². The molecule has 0 spiro atoms. The van der Waals surface area contributed by atoms with Gasteiger partial charge in [-0.15, -0.1) is 0 Å². The van der Waals surface area contributed by atoms with E-state index < -0.39 is 24.5 Å². The highest BCUT2D eigenvalue weighted by atomic mass is 16.6. The summed E-state index contributed by atoms with van der Waals surface area (Å²) < 4.78 is 9.90. The van der Waals surface area contributed by atoms with Crippen molar-refractivity contribution in [2.45, 2.75) is 31.7 Å². The number of urea groups is 1. The summed E-state index contributed by atoms with van der Waals surface area (Å²) in [7, 11) is 0. The Hall–Kier alpha value is -2.90. The maximum atomic E-state index is 11.6. The third-order valence-corrected chi connectivity index (χ3v) is 3.68. The first-order valence-corrected chi connectivity index (χ1v) is 8.01. The standard InChI is InChI=1S/C17H20N2O6/c20-9-12-5-7-14(8-6-12)24-11-16(22)25-10-15(21)19-17(23)18-13-3-1-2-4-13/h5-9,13H,1-4,10-11H2,(H2,18,19,21,23). The first-order chi connectivity index (χ1) is 12.1. The average molecular weight is 348 g/mol. The summed E-state index contributed by atoms with van der Waals surface area (Å²) in [6.07, 6.45) is 4.63. The van der Waals surface area contributed by atoms with E-state index in [9.17, 15) is 19.2 Å². The van der Waals surface area contributed by atoms with Gasteiger partial charge in [-0.25, -0.2) is 9.59 Å². The molecule has 0 radical (unpaired) electrons. The summed E-state index contributed by atoms with van der Waals surface area (Å²) in [5.74, 6) is -1.06. The highest BCUT2D eigenvalue weighted by Gasteiger charge is 2.18. The second kappa shape index (κ2) is 9.41. The fraction of sp³-hybridized carbons (Fsp3) is 0.412. The van der Waals surface area contributed by atoms with Crippen molar-refractivity contribution in [1.82, 2.24) is 10.6 Å². The van der Waals surface area contributed by atoms with Crippen LogP contribution in [-0.2, 0) is 14.3 Å². The molecule has 0 saturated heterocycles. The molecular weight excluding hydrogens is 328 g/mol. The molecule has 8 heteroatoms. The molecule has 0 aromatic heterocycles. The summed E-state index contributed by atoms with van der Waals surface area (Å²) in [4.78, 5) is 45.2. The minimum atomic E-state index is -0.745. The third-order valence-electron chi connectivity index (χ3n) is 3.68. The maximum Gasteiger partial charge on any atom is 0.344 e. The minimum Gasteiger partial charge on any atom is -0.482 e. The molecule has 1 fully saturated rings. The highest BCUT2D eigenvalue weighted by molar-refractivity contribution is 5.95. The molecule has 1 aliphatic carbocycles. The number of amides is 3. The number of hydrogen-bond acceptors (Lipinski definition) is 6. The number of ether oxygens (including phenoxy) is 2. The monoisotopic (exact) mass is 348 g/mol. The third kappa shape index (κ3) is 6.62. The van der Waals surface area contributed by atoms with E-state index in [0.717, 1.165) is 25.7 Å². The van der Waals surface area contributed by atoms with Crippen LogP contribution in [-0.4, -0.2) is 43.4 Å². The largest absolute Gasteiger partial charge is 0.482 e. The topological polar surface area (TPSA) is 111 Å². The molecule has 1 aromatic rings. The van der Waals surface area contributed by atoms with Gasteiger partial charge in [0.2, 0.25) is 0 Å². The number of aldehydes is 1. The highest BCUT2D eigenvalue weighted by Crippen LogP contribution is 2.17. The van der Waals surface area contributed by atoms with Crippen molar-refractivity contribution in [2.75, 3.05) is 13.2 Å². The van der Waals surface area contributed by atoms with Crippen molar-refractivity contribution in [3.8, 4) is 5.75 Å². The molecule has 0 aliphatic heterocycles. The van der Waals surface area contributed by atoms with Gasteiger partial charge >= 0.3 is 12.0 Å². The Kier molecular flexibility index (Phi) is 6.94. The van der Waals surface area contributed by atoms with E-state index in [-0.39, 0.29) is 12.6 Å². The van der Waals surface area contributed by atoms with Crippen LogP contribution in [0.3, 0.4) is 0 Å². The maximum absolute atomic E-state index is 11.6. The summed E-state index contributed by atoms with van der Waals surface area (Å²) in [6, 6.07) is 5.68. The first kappa shape index (κ1) is 18.4. The van der Waals surface area contributed by atoms with Crippen molar-refractivity contribution >= 4 is 24.2 Å². The van der Waals surface area contributed by atoms with Gasteiger partial charge in [-0.1, -0.05) is 12.8 Å². The fourth-order valence-electron chi connectivity index (χ4n) is 2.43. The summed E-state index contributed by atoms with van der Waals surface area (Å²) in [6.45, 7) is -0.952. The van der Waals surface area contributed by atoms with Gasteiger partial charge in [0.1, 0.15) is 12.0 Å². The molecule has 0 bridgehead atoms. The zero-order valence-electron chi connectivity index (χ0n) is 13.7. The first-order valence-electron chi connectivity index (χ1n) is 8.01. The quantitative estimate of drug-likeness (QED) is 0.566. The van der Waals surface area contributed by atoms with Gasteiger partial charge in [0, 0.05) is 11.6 Å². The molecular formula is C17H20N2O6. The predicted molar refractivity (Wildman–Crippen MR) is 87.2 cm³/mol. The zero-order chi connectivity index (χ0) is 18.1. The lowest BCUT2D eigenvalue weighted by atomic mass is 10.2. The van der Waals surface area contributed by atoms with E-state index in [1.54, 1.807) is 12.1 Å². The van der Waals surface area contributed by atoms with Crippen LogP contribution in [0.4, 0.5) is 4.79 Å². The van der Waals surface area contributed by atoms with Gasteiger partial charge in [0.15, 0.2) is 13.2 Å². The molecule has 8 nitrogen and oxygen atoms in total. The Labute approximate surface area is 144 Å². The molecule has 134 valence electrons. The molecule has 1 aromatic carbocycles. The number of rotatable bonds is 7. The predicted octanol–water partition coefficient (Wildman–Crippen LogP) is 1.19. The molecule has 1 saturated carbocycles. The van der Waals surface area contributed by atoms with E-state index >= 15 is 0 Å². The van der Waals surface area contributed by atoms with E-state index in [0.29, 0.717) is 17.6 Å². The lowest BCUT2D eigenvalue weighted by Gasteiger charge is -2.12. The molecule has 2 N–H and O–H groups in total. The Morgan fingerprint density at radius 3 is 2.40 bits per heavy atom. The van der Waals surface area contributed by atoms with Crippen LogP contribution >= 0.6 is 0 Å². The Morgan fingerprint density at radius 1 is 1.08 bits per heavy atom. The molecule has 25 heavy (non-hydrogen) atoms. The van der Waals surface area contributed by atoms with Crippen LogP contribution in [0.15, 0.2) is 24.3 Å². The van der Waals surface area contributed by atoms with Gasteiger partial charge in [-0.3, -0.25) is 14.9 Å².